The Morgan fingerprint density at radius 1 is 0.837 bits per heavy atom. The van der Waals surface area contributed by atoms with Crippen LogP contribution in [0.2, 0.25) is 0 Å². The number of nitrogens with zero attached hydrogens (tertiary/aromatic N) is 1. The fraction of sp³-hybridized carbons (Fsp3) is 0.611. The molecule has 2 aromatic carbocycles. The van der Waals surface area contributed by atoms with Gasteiger partial charge in [0.25, 0.3) is 0 Å². The van der Waals surface area contributed by atoms with Crippen molar-refractivity contribution in [3.8, 4) is 5.75 Å². The van der Waals surface area contributed by atoms with E-state index in [-0.39, 0.29) is 17.9 Å². The van der Waals surface area contributed by atoms with Gasteiger partial charge >= 0.3 is 0 Å². The van der Waals surface area contributed by atoms with Crippen LogP contribution in [-0.2, 0) is 22.6 Å². The van der Waals surface area contributed by atoms with Crippen molar-refractivity contribution < 1.29 is 14.3 Å². The second-order valence-electron chi connectivity index (χ2n) is 13.0. The molecule has 1 aliphatic carbocycles. The smallest absolute Gasteiger partial charge is 0.242 e. The van der Waals surface area contributed by atoms with E-state index in [9.17, 15) is 9.59 Å². The molecular weight excluding hydrogens is 536 g/mol. The van der Waals surface area contributed by atoms with E-state index >= 15 is 0 Å². The van der Waals surface area contributed by atoms with Gasteiger partial charge in [-0.15, -0.1) is 0 Å². The highest BCUT2D eigenvalue weighted by Gasteiger charge is 2.27. The van der Waals surface area contributed by atoms with Crippen LogP contribution in [0.4, 0.5) is 0 Å². The summed E-state index contributed by atoms with van der Waals surface area (Å²) < 4.78 is 5.96. The van der Waals surface area contributed by atoms with Crippen LogP contribution in [0.15, 0.2) is 54.6 Å². The highest BCUT2D eigenvalue weighted by Crippen LogP contribution is 2.23. The summed E-state index contributed by atoms with van der Waals surface area (Å²) in [7, 11) is 0. The van der Waals surface area contributed by atoms with E-state index in [2.05, 4.69) is 34.7 Å². The fourth-order valence-electron chi connectivity index (χ4n) is 6.28. The molecule has 0 bridgehead atoms. The minimum absolute atomic E-state index is 0.0801. The maximum absolute atomic E-state index is 13.7. The molecule has 1 heterocycles. The first-order valence-corrected chi connectivity index (χ1v) is 16.8. The first-order valence-electron chi connectivity index (χ1n) is 16.8. The van der Waals surface area contributed by atoms with Crippen LogP contribution in [0.25, 0.3) is 0 Å². The van der Waals surface area contributed by atoms with Crippen LogP contribution in [-0.4, -0.2) is 61.5 Å². The van der Waals surface area contributed by atoms with Crippen LogP contribution >= 0.6 is 0 Å². The Labute approximate surface area is 259 Å². The van der Waals surface area contributed by atoms with E-state index in [4.69, 9.17) is 4.74 Å². The fourth-order valence-corrected chi connectivity index (χ4v) is 6.28. The maximum Gasteiger partial charge on any atom is 0.242 e. The van der Waals surface area contributed by atoms with Crippen molar-refractivity contribution in [2.75, 3.05) is 32.7 Å². The molecule has 2 fully saturated rings. The average Bonchev–Trinajstić information content (AvgIpc) is 3.03. The minimum atomic E-state index is -0.643. The van der Waals surface area contributed by atoms with Crippen molar-refractivity contribution in [3.05, 3.63) is 65.7 Å². The third kappa shape index (κ3) is 12.0. The molecule has 2 atom stereocenters. The second kappa shape index (κ2) is 18.0. The van der Waals surface area contributed by atoms with Crippen LogP contribution in [0.5, 0.6) is 5.75 Å². The van der Waals surface area contributed by atoms with E-state index in [1.54, 1.807) is 0 Å². The number of carbonyl (C=O) groups is 2. The lowest BCUT2D eigenvalue weighted by Crippen LogP contribution is -2.55. The Balaban J connectivity index is 1.37. The topological polar surface area (TPSA) is 82.7 Å². The lowest BCUT2D eigenvalue weighted by atomic mass is 9.89. The largest absolute Gasteiger partial charge is 0.489 e. The van der Waals surface area contributed by atoms with Crippen molar-refractivity contribution in [3.63, 3.8) is 0 Å². The number of ether oxygens (including phenoxy) is 1. The van der Waals surface area contributed by atoms with Crippen LogP contribution in [0.3, 0.4) is 0 Å². The van der Waals surface area contributed by atoms with Crippen LogP contribution in [0, 0.1) is 11.8 Å². The number of hydrogen-bond donors (Lipinski definition) is 3. The van der Waals surface area contributed by atoms with Gasteiger partial charge in [0.15, 0.2) is 0 Å². The number of hydrogen-bond acceptors (Lipinski definition) is 5. The molecule has 2 amide bonds. The maximum atomic E-state index is 13.7. The van der Waals surface area contributed by atoms with Crippen molar-refractivity contribution in [1.82, 2.24) is 20.9 Å². The Kier molecular flexibility index (Phi) is 13.8. The van der Waals surface area contributed by atoms with Gasteiger partial charge in [-0.2, -0.15) is 0 Å². The summed E-state index contributed by atoms with van der Waals surface area (Å²) in [5.74, 6) is 1.58. The standard InChI is InChI=1S/C36H54N4O3/c1-28(2)24-33(38-26-30-12-6-3-7-13-30)36(42)39-34(35(41)37-20-23-40-21-10-5-11-22-40)25-29-16-18-32(19-17-29)43-27-31-14-8-4-9-15-31/h4,8-9,14-19,28,30,33-34,38H,3,5-7,10-13,20-27H2,1-2H3,(H,37,41)(H,39,42). The lowest BCUT2D eigenvalue weighted by Gasteiger charge is -2.28. The summed E-state index contributed by atoms with van der Waals surface area (Å²) in [6.45, 7) is 9.29. The molecule has 0 aromatic heterocycles. The summed E-state index contributed by atoms with van der Waals surface area (Å²) in [6.07, 6.45) is 11.3. The summed E-state index contributed by atoms with van der Waals surface area (Å²) in [6, 6.07) is 17.0. The number of amides is 2. The van der Waals surface area contributed by atoms with E-state index in [1.807, 2.05) is 54.6 Å². The zero-order valence-corrected chi connectivity index (χ0v) is 26.5. The Morgan fingerprint density at radius 2 is 1.53 bits per heavy atom. The van der Waals surface area contributed by atoms with E-state index in [1.165, 1.54) is 51.4 Å². The third-order valence-corrected chi connectivity index (χ3v) is 8.82. The molecule has 2 unspecified atom stereocenters. The molecule has 0 spiro atoms. The zero-order chi connectivity index (χ0) is 30.3. The molecular formula is C36H54N4O3. The monoisotopic (exact) mass is 590 g/mol. The zero-order valence-electron chi connectivity index (χ0n) is 26.5. The van der Waals surface area contributed by atoms with Gasteiger partial charge in [0, 0.05) is 19.5 Å². The van der Waals surface area contributed by atoms with E-state index < -0.39 is 6.04 Å². The number of carbonyl (C=O) groups excluding carboxylic acids is 2. The van der Waals surface area contributed by atoms with Gasteiger partial charge in [0.05, 0.1) is 6.04 Å². The molecule has 7 nitrogen and oxygen atoms in total. The predicted octanol–water partition coefficient (Wildman–Crippen LogP) is 5.48. The normalized spacial score (nSPS) is 17.7. The number of nitrogens with one attached hydrogen (secondary N) is 3. The molecule has 1 saturated carbocycles. The molecule has 0 radical (unpaired) electrons. The van der Waals surface area contributed by atoms with Crippen LogP contribution in [0.1, 0.15) is 82.8 Å². The quantitative estimate of drug-likeness (QED) is 0.241. The Hall–Kier alpha value is -2.90. The molecule has 3 N–H and O–H groups in total. The summed E-state index contributed by atoms with van der Waals surface area (Å²) in [5.41, 5.74) is 2.10. The molecule has 7 heteroatoms. The summed E-state index contributed by atoms with van der Waals surface area (Å²) in [5, 5.41) is 9.86. The predicted molar refractivity (Wildman–Crippen MR) is 174 cm³/mol. The summed E-state index contributed by atoms with van der Waals surface area (Å²) in [4.78, 5) is 29.6. The Morgan fingerprint density at radius 3 is 2.23 bits per heavy atom. The van der Waals surface area contributed by atoms with Gasteiger partial charge in [-0.25, -0.2) is 0 Å². The molecule has 1 aliphatic heterocycles. The number of benzene rings is 2. The van der Waals surface area contributed by atoms with E-state index in [0.717, 1.165) is 49.5 Å². The van der Waals surface area contributed by atoms with Gasteiger partial charge in [-0.1, -0.05) is 82.0 Å². The van der Waals surface area contributed by atoms with Crippen molar-refractivity contribution in [2.45, 2.75) is 96.7 Å². The molecule has 43 heavy (non-hydrogen) atoms. The summed E-state index contributed by atoms with van der Waals surface area (Å²) >= 11 is 0. The highest BCUT2D eigenvalue weighted by atomic mass is 16.5. The van der Waals surface area contributed by atoms with Gasteiger partial charge in [-0.05, 0) is 86.8 Å². The lowest BCUT2D eigenvalue weighted by molar-refractivity contribution is -0.130. The minimum Gasteiger partial charge on any atom is -0.489 e. The molecule has 1 saturated heterocycles. The first-order chi connectivity index (χ1) is 21.0. The molecule has 2 aromatic rings. The highest BCUT2D eigenvalue weighted by molar-refractivity contribution is 5.90. The number of rotatable bonds is 16. The SMILES string of the molecule is CC(C)CC(NCC1CCCCC1)C(=O)NC(Cc1ccc(OCc2ccccc2)cc1)C(=O)NCCN1CCCCC1. The molecule has 4 rings (SSSR count). The number of piperidine rings is 1. The first kappa shape index (κ1) is 33.0. The van der Waals surface area contributed by atoms with Crippen LogP contribution < -0.4 is 20.7 Å². The van der Waals surface area contributed by atoms with E-state index in [0.29, 0.717) is 31.4 Å². The van der Waals surface area contributed by atoms with Gasteiger partial charge in [0.2, 0.25) is 11.8 Å². The number of likely N-dealkylation sites (tertiary alicyclic amines) is 1. The van der Waals surface area contributed by atoms with Crippen molar-refractivity contribution in [1.29, 1.82) is 0 Å². The van der Waals surface area contributed by atoms with Crippen molar-refractivity contribution in [2.24, 2.45) is 11.8 Å². The third-order valence-electron chi connectivity index (χ3n) is 8.82. The van der Waals surface area contributed by atoms with Gasteiger partial charge in [0.1, 0.15) is 18.4 Å². The second-order valence-corrected chi connectivity index (χ2v) is 13.0. The molecule has 236 valence electrons. The van der Waals surface area contributed by atoms with Gasteiger partial charge in [-0.3, -0.25) is 9.59 Å². The van der Waals surface area contributed by atoms with Gasteiger partial charge < -0.3 is 25.6 Å². The van der Waals surface area contributed by atoms with Crippen molar-refractivity contribution >= 4 is 11.8 Å². The molecule has 2 aliphatic rings. The Bertz CT molecular complexity index is 1080. The average molecular weight is 591 g/mol.